The van der Waals surface area contributed by atoms with Crippen LogP contribution in [0.25, 0.3) is 10.9 Å². The molecule has 1 atom stereocenters. The van der Waals surface area contributed by atoms with Crippen molar-refractivity contribution in [2.24, 2.45) is 0 Å². The first-order valence-electron chi connectivity index (χ1n) is 12.0. The van der Waals surface area contributed by atoms with Gasteiger partial charge in [-0.3, -0.25) is 19.6 Å². The zero-order valence-electron chi connectivity index (χ0n) is 19.8. The van der Waals surface area contributed by atoms with Crippen molar-refractivity contribution in [3.63, 3.8) is 0 Å². The van der Waals surface area contributed by atoms with E-state index in [1.54, 1.807) is 24.4 Å². The van der Waals surface area contributed by atoms with E-state index in [2.05, 4.69) is 9.88 Å². The Morgan fingerprint density at radius 2 is 1.64 bits per heavy atom. The normalized spacial score (nSPS) is 15.7. The number of nitrogens with zero attached hydrogens (tertiary/aromatic N) is 4. The third kappa shape index (κ3) is 5.00. The molecule has 2 aromatic heterocycles. The van der Waals surface area contributed by atoms with Gasteiger partial charge in [-0.05, 0) is 29.8 Å². The van der Waals surface area contributed by atoms with Crippen LogP contribution in [0.3, 0.4) is 0 Å². The summed E-state index contributed by atoms with van der Waals surface area (Å²) in [5, 5.41) is 20.6. The van der Waals surface area contributed by atoms with Crippen molar-refractivity contribution >= 4 is 22.8 Å². The largest absolute Gasteiger partial charge is 0.480 e. The van der Waals surface area contributed by atoms with Gasteiger partial charge in [0.1, 0.15) is 6.04 Å². The fourth-order valence-corrected chi connectivity index (χ4v) is 4.97. The molecule has 1 aliphatic heterocycles. The topological polar surface area (TPSA) is 98.9 Å². The minimum Gasteiger partial charge on any atom is -0.480 e. The number of benzene rings is 2. The number of hydrogen-bond acceptors (Lipinski definition) is 5. The van der Waals surface area contributed by atoms with Crippen LogP contribution in [0.15, 0.2) is 79.1 Å². The van der Waals surface area contributed by atoms with Crippen molar-refractivity contribution < 1.29 is 19.8 Å². The molecule has 3 heterocycles. The number of fused-ring (bicyclic) bond motifs is 1. The van der Waals surface area contributed by atoms with Gasteiger partial charge in [0.15, 0.2) is 0 Å². The van der Waals surface area contributed by atoms with Gasteiger partial charge in [-0.2, -0.15) is 0 Å². The van der Waals surface area contributed by atoms with Crippen molar-refractivity contribution in [1.82, 2.24) is 19.4 Å². The van der Waals surface area contributed by atoms with E-state index in [4.69, 9.17) is 0 Å². The summed E-state index contributed by atoms with van der Waals surface area (Å²) in [7, 11) is 0. The first-order valence-corrected chi connectivity index (χ1v) is 12.0. The van der Waals surface area contributed by atoms with Crippen LogP contribution in [0.2, 0.25) is 0 Å². The molecule has 0 amide bonds. The molecule has 0 radical (unpaired) electrons. The van der Waals surface area contributed by atoms with E-state index in [1.807, 2.05) is 64.2 Å². The Bertz CT molecular complexity index is 1360. The van der Waals surface area contributed by atoms with Crippen LogP contribution in [-0.2, 0) is 17.9 Å². The van der Waals surface area contributed by atoms with Crippen molar-refractivity contribution in [3.05, 3.63) is 102 Å². The van der Waals surface area contributed by atoms with E-state index in [9.17, 15) is 19.8 Å². The van der Waals surface area contributed by atoms with Crippen molar-refractivity contribution in [2.75, 3.05) is 26.2 Å². The molecule has 8 heteroatoms. The summed E-state index contributed by atoms with van der Waals surface area (Å²) >= 11 is 0. The molecule has 1 saturated heterocycles. The fourth-order valence-electron chi connectivity index (χ4n) is 4.97. The molecule has 2 aromatic carbocycles. The highest BCUT2D eigenvalue weighted by molar-refractivity contribution is 5.96. The molecule has 0 unspecified atom stereocenters. The maximum Gasteiger partial charge on any atom is 0.335 e. The molecule has 8 nitrogen and oxygen atoms in total. The van der Waals surface area contributed by atoms with Crippen molar-refractivity contribution in [1.29, 1.82) is 0 Å². The lowest BCUT2D eigenvalue weighted by atomic mass is 10.0. The molecule has 5 rings (SSSR count). The molecule has 1 aliphatic rings. The van der Waals surface area contributed by atoms with Crippen LogP contribution < -0.4 is 0 Å². The van der Waals surface area contributed by atoms with Crippen LogP contribution >= 0.6 is 0 Å². The summed E-state index contributed by atoms with van der Waals surface area (Å²) in [5.41, 5.74) is 3.63. The molecule has 1 fully saturated rings. The van der Waals surface area contributed by atoms with E-state index in [0.29, 0.717) is 30.7 Å². The number of carboxylic acids is 2. The Balaban J connectivity index is 1.44. The van der Waals surface area contributed by atoms with Gasteiger partial charge < -0.3 is 14.8 Å². The van der Waals surface area contributed by atoms with Gasteiger partial charge in [-0.25, -0.2) is 4.79 Å². The zero-order chi connectivity index (χ0) is 25.1. The van der Waals surface area contributed by atoms with Crippen LogP contribution in [0, 0.1) is 0 Å². The molecule has 0 saturated carbocycles. The number of carboxylic acid groups (broad SMARTS) is 2. The van der Waals surface area contributed by atoms with Crippen molar-refractivity contribution in [3.8, 4) is 0 Å². The van der Waals surface area contributed by atoms with Gasteiger partial charge in [0.2, 0.25) is 0 Å². The number of aromatic carboxylic acids is 1. The van der Waals surface area contributed by atoms with E-state index < -0.39 is 18.0 Å². The van der Waals surface area contributed by atoms with Crippen LogP contribution in [0.5, 0.6) is 0 Å². The molecular formula is C28H28N4O4. The first-order chi connectivity index (χ1) is 17.5. The predicted molar refractivity (Wildman–Crippen MR) is 136 cm³/mol. The number of aliphatic carboxylic acids is 1. The molecule has 0 spiro atoms. The maximum atomic E-state index is 12.6. The van der Waals surface area contributed by atoms with Gasteiger partial charge in [-0.15, -0.1) is 0 Å². The monoisotopic (exact) mass is 484 g/mol. The highest BCUT2D eigenvalue weighted by Gasteiger charge is 2.33. The summed E-state index contributed by atoms with van der Waals surface area (Å²) in [6.45, 7) is 3.97. The minimum absolute atomic E-state index is 0.177. The Hall–Kier alpha value is -4.01. The average molecular weight is 485 g/mol. The molecule has 2 N–H and O–H groups in total. The predicted octanol–water partition coefficient (Wildman–Crippen LogP) is 3.73. The Morgan fingerprint density at radius 1 is 0.889 bits per heavy atom. The fraction of sp³-hybridized carbons (Fsp3) is 0.250. The Labute approximate surface area is 209 Å². The lowest BCUT2D eigenvalue weighted by Gasteiger charge is -2.37. The van der Waals surface area contributed by atoms with Crippen LogP contribution in [0.4, 0.5) is 0 Å². The molecular weight excluding hydrogens is 456 g/mol. The summed E-state index contributed by atoms with van der Waals surface area (Å²) in [4.78, 5) is 32.9. The van der Waals surface area contributed by atoms with Crippen molar-refractivity contribution in [2.45, 2.75) is 19.1 Å². The number of hydrogen-bond donors (Lipinski definition) is 2. The summed E-state index contributed by atoms with van der Waals surface area (Å²) in [6.07, 6.45) is 3.66. The third-order valence-corrected chi connectivity index (χ3v) is 6.77. The minimum atomic E-state index is -1.01. The summed E-state index contributed by atoms with van der Waals surface area (Å²) in [6, 6.07) is 19.8. The number of pyridine rings is 1. The van der Waals surface area contributed by atoms with Gasteiger partial charge in [0, 0.05) is 68.1 Å². The Kier molecular flexibility index (Phi) is 6.79. The highest BCUT2D eigenvalue weighted by atomic mass is 16.4. The van der Waals surface area contributed by atoms with E-state index in [-0.39, 0.29) is 5.56 Å². The SMILES string of the molecule is O=C(O)c1ccc2c([C@@H](C(=O)O)N3CCN(Cc4ccccn4)CC3)cn(Cc3ccccc3)c2c1. The number of rotatable bonds is 8. The zero-order valence-corrected chi connectivity index (χ0v) is 19.8. The maximum absolute atomic E-state index is 12.6. The molecule has 0 aliphatic carbocycles. The van der Waals surface area contributed by atoms with E-state index in [1.165, 1.54) is 0 Å². The smallest absolute Gasteiger partial charge is 0.335 e. The van der Waals surface area contributed by atoms with E-state index in [0.717, 1.165) is 36.3 Å². The second-order valence-corrected chi connectivity index (χ2v) is 9.11. The average Bonchev–Trinajstić information content (AvgIpc) is 3.23. The van der Waals surface area contributed by atoms with E-state index >= 15 is 0 Å². The number of piperazine rings is 1. The third-order valence-electron chi connectivity index (χ3n) is 6.77. The highest BCUT2D eigenvalue weighted by Crippen LogP contribution is 2.32. The lowest BCUT2D eigenvalue weighted by molar-refractivity contribution is -0.144. The van der Waals surface area contributed by atoms with Crippen LogP contribution in [0.1, 0.15) is 33.2 Å². The van der Waals surface area contributed by atoms with Gasteiger partial charge in [-0.1, -0.05) is 42.5 Å². The molecule has 4 aromatic rings. The van der Waals surface area contributed by atoms with Gasteiger partial charge in [0.05, 0.1) is 11.3 Å². The molecule has 0 bridgehead atoms. The second kappa shape index (κ2) is 10.3. The number of aromatic nitrogens is 2. The second-order valence-electron chi connectivity index (χ2n) is 9.11. The summed E-state index contributed by atoms with van der Waals surface area (Å²) < 4.78 is 1.96. The van der Waals surface area contributed by atoms with Crippen LogP contribution in [-0.4, -0.2) is 67.7 Å². The van der Waals surface area contributed by atoms with Gasteiger partial charge in [0.25, 0.3) is 0 Å². The Morgan fingerprint density at radius 3 is 2.31 bits per heavy atom. The lowest BCUT2D eigenvalue weighted by Crippen LogP contribution is -2.48. The first kappa shape index (κ1) is 23.7. The number of carbonyl (C=O) groups is 2. The summed E-state index contributed by atoms with van der Waals surface area (Å²) in [5.74, 6) is -1.92. The quantitative estimate of drug-likeness (QED) is 0.393. The molecule has 36 heavy (non-hydrogen) atoms. The standard InChI is InChI=1S/C28H28N4O4/c33-27(34)21-9-10-23-24(19-32(25(23)16-21)17-20-6-2-1-3-7-20)26(28(35)36)31-14-12-30(13-15-31)18-22-8-4-5-11-29-22/h1-11,16,19,26H,12-15,17-18H2,(H,33,34)(H,35,36)/t26-/m0/s1. The molecule has 184 valence electrons. The van der Waals surface area contributed by atoms with Gasteiger partial charge >= 0.3 is 11.9 Å².